The standard InChI is InChI=1S/C36H52N10O10/c37-15-5-4-9-26(36(55)56)44-31(50)25(12-14-30(48)49)42-33(52)27(17-21-7-2-1-3-8-21)45-32(51)24(11-13-29(39)47)43-34(53)28-10-6-16-46(28)35(54)23(38)18-22-19-40-20-41-22/h1-3,7-8,19-20,23-28H,4-6,9-18,37-38H2,(H2,39,47)(H,40,41)(H,42,52)(H,43,53)(H,44,50)(H,45,51)(H,48,49)(H,55,56)/t23-,24-,25-,26-,27-,28-/m0/s1. The van der Waals surface area contributed by atoms with E-state index < -0.39 is 96.5 Å². The molecule has 2 heterocycles. The number of primary amides is 1. The van der Waals surface area contributed by atoms with E-state index in [0.29, 0.717) is 37.1 Å². The zero-order valence-corrected chi connectivity index (χ0v) is 31.0. The number of nitrogens with zero attached hydrogens (tertiary/aromatic N) is 2. The highest BCUT2D eigenvalue weighted by atomic mass is 16.4. The van der Waals surface area contributed by atoms with Crippen molar-refractivity contribution in [3.8, 4) is 0 Å². The average Bonchev–Trinajstić information content (AvgIpc) is 3.87. The number of aromatic amines is 1. The maximum Gasteiger partial charge on any atom is 0.326 e. The summed E-state index contributed by atoms with van der Waals surface area (Å²) in [5, 5.41) is 29.0. The third-order valence-electron chi connectivity index (χ3n) is 9.22. The Hall–Kier alpha value is -5.89. The van der Waals surface area contributed by atoms with Crippen molar-refractivity contribution in [1.82, 2.24) is 36.1 Å². The number of nitrogens with one attached hydrogen (secondary N) is 5. The predicted octanol–water partition coefficient (Wildman–Crippen LogP) is -2.20. The van der Waals surface area contributed by atoms with E-state index in [-0.39, 0.29) is 45.1 Å². The van der Waals surface area contributed by atoms with Crippen LogP contribution in [0.15, 0.2) is 42.9 Å². The predicted molar refractivity (Wildman–Crippen MR) is 199 cm³/mol. The first kappa shape index (κ1) is 44.5. The highest BCUT2D eigenvalue weighted by Crippen LogP contribution is 2.20. The number of carbonyl (C=O) groups excluding carboxylic acids is 6. The fraction of sp³-hybridized carbons (Fsp3) is 0.528. The van der Waals surface area contributed by atoms with Gasteiger partial charge in [-0.1, -0.05) is 30.3 Å². The average molecular weight is 785 g/mol. The quantitative estimate of drug-likeness (QED) is 0.0506. The fourth-order valence-corrected chi connectivity index (χ4v) is 6.22. The van der Waals surface area contributed by atoms with E-state index in [1.165, 1.54) is 17.4 Å². The second-order valence-corrected chi connectivity index (χ2v) is 13.6. The molecule has 1 aromatic heterocycles. The lowest BCUT2D eigenvalue weighted by Crippen LogP contribution is -2.59. The largest absolute Gasteiger partial charge is 0.481 e. The molecule has 6 amide bonds. The van der Waals surface area contributed by atoms with Crippen LogP contribution in [0.3, 0.4) is 0 Å². The summed E-state index contributed by atoms with van der Waals surface area (Å²) in [6.45, 7) is 0.544. The van der Waals surface area contributed by atoms with Crippen LogP contribution in [0.25, 0.3) is 0 Å². The Morgan fingerprint density at radius 3 is 2.05 bits per heavy atom. The van der Waals surface area contributed by atoms with Gasteiger partial charge < -0.3 is 58.6 Å². The molecule has 0 spiro atoms. The van der Waals surface area contributed by atoms with Gasteiger partial charge in [-0.05, 0) is 57.1 Å². The third kappa shape index (κ3) is 14.4. The van der Waals surface area contributed by atoms with E-state index in [0.717, 1.165) is 0 Å². The van der Waals surface area contributed by atoms with Gasteiger partial charge in [0, 0.05) is 44.1 Å². The third-order valence-corrected chi connectivity index (χ3v) is 9.22. The van der Waals surface area contributed by atoms with Gasteiger partial charge in [0.15, 0.2) is 0 Å². The Kier molecular flexibility index (Phi) is 17.9. The van der Waals surface area contributed by atoms with Gasteiger partial charge >= 0.3 is 11.9 Å². The van der Waals surface area contributed by atoms with Gasteiger partial charge in [-0.15, -0.1) is 0 Å². The van der Waals surface area contributed by atoms with Crippen molar-refractivity contribution < 1.29 is 48.6 Å². The molecular formula is C36H52N10O10. The monoisotopic (exact) mass is 784 g/mol. The number of hydrogen-bond acceptors (Lipinski definition) is 11. The molecule has 1 aliphatic heterocycles. The molecule has 0 aliphatic carbocycles. The summed E-state index contributed by atoms with van der Waals surface area (Å²) in [5.41, 5.74) is 18.2. The van der Waals surface area contributed by atoms with Gasteiger partial charge in [-0.3, -0.25) is 33.6 Å². The summed E-state index contributed by atoms with van der Waals surface area (Å²) in [4.78, 5) is 111. The van der Waals surface area contributed by atoms with Crippen LogP contribution in [-0.4, -0.2) is 122 Å². The summed E-state index contributed by atoms with van der Waals surface area (Å²) >= 11 is 0. The minimum absolute atomic E-state index is 0.0355. The molecule has 20 heteroatoms. The number of rotatable bonds is 24. The molecule has 0 radical (unpaired) electrons. The normalized spacial score (nSPS) is 16.4. The van der Waals surface area contributed by atoms with Crippen LogP contribution >= 0.6 is 0 Å². The summed E-state index contributed by atoms with van der Waals surface area (Å²) in [6.07, 6.45) is 3.10. The van der Waals surface area contributed by atoms with Crippen molar-refractivity contribution in [1.29, 1.82) is 0 Å². The van der Waals surface area contributed by atoms with E-state index in [1.54, 1.807) is 30.3 Å². The van der Waals surface area contributed by atoms with Crippen molar-refractivity contribution in [2.45, 2.75) is 107 Å². The van der Waals surface area contributed by atoms with Gasteiger partial charge in [-0.25, -0.2) is 9.78 Å². The first-order valence-electron chi connectivity index (χ1n) is 18.4. The Labute approximate surface area is 323 Å². The van der Waals surface area contributed by atoms with E-state index in [2.05, 4.69) is 31.2 Å². The first-order valence-corrected chi connectivity index (χ1v) is 18.4. The van der Waals surface area contributed by atoms with Crippen molar-refractivity contribution in [3.63, 3.8) is 0 Å². The smallest absolute Gasteiger partial charge is 0.326 e. The van der Waals surface area contributed by atoms with Crippen molar-refractivity contribution in [2.75, 3.05) is 13.1 Å². The van der Waals surface area contributed by atoms with E-state index in [9.17, 15) is 48.6 Å². The number of carboxylic acids is 2. The molecule has 2 aromatic rings. The van der Waals surface area contributed by atoms with Crippen LogP contribution in [0.5, 0.6) is 0 Å². The van der Waals surface area contributed by atoms with Gasteiger partial charge in [0.05, 0.1) is 12.4 Å². The molecule has 1 fully saturated rings. The number of H-pyrrole nitrogens is 1. The second kappa shape index (κ2) is 22.5. The van der Waals surface area contributed by atoms with Crippen LogP contribution in [-0.2, 0) is 51.2 Å². The summed E-state index contributed by atoms with van der Waals surface area (Å²) < 4.78 is 0. The Morgan fingerprint density at radius 1 is 0.821 bits per heavy atom. The van der Waals surface area contributed by atoms with Gasteiger partial charge in [-0.2, -0.15) is 0 Å². The van der Waals surface area contributed by atoms with E-state index in [1.807, 2.05) is 0 Å². The number of carbonyl (C=O) groups is 8. The molecule has 20 nitrogen and oxygen atoms in total. The maximum absolute atomic E-state index is 13.9. The van der Waals surface area contributed by atoms with E-state index in [4.69, 9.17) is 17.2 Å². The number of amides is 6. The minimum Gasteiger partial charge on any atom is -0.481 e. The van der Waals surface area contributed by atoms with Gasteiger partial charge in [0.25, 0.3) is 0 Å². The molecular weight excluding hydrogens is 732 g/mol. The highest BCUT2D eigenvalue weighted by Gasteiger charge is 2.38. The molecule has 13 N–H and O–H groups in total. The lowest BCUT2D eigenvalue weighted by Gasteiger charge is -2.29. The van der Waals surface area contributed by atoms with Gasteiger partial charge in [0.2, 0.25) is 35.4 Å². The molecule has 0 bridgehead atoms. The lowest BCUT2D eigenvalue weighted by molar-refractivity contribution is -0.143. The van der Waals surface area contributed by atoms with Crippen LogP contribution in [0.4, 0.5) is 0 Å². The Bertz CT molecular complexity index is 1660. The number of unbranched alkanes of at least 4 members (excludes halogenated alkanes) is 1. The summed E-state index contributed by atoms with van der Waals surface area (Å²) in [5.74, 6) is -7.31. The molecule has 56 heavy (non-hydrogen) atoms. The molecule has 0 unspecified atom stereocenters. The van der Waals surface area contributed by atoms with E-state index >= 15 is 0 Å². The molecule has 6 atom stereocenters. The number of hydrogen-bond donors (Lipinski definition) is 10. The maximum atomic E-state index is 13.9. The number of likely N-dealkylation sites (tertiary alicyclic amines) is 1. The number of benzene rings is 1. The summed E-state index contributed by atoms with van der Waals surface area (Å²) in [7, 11) is 0. The van der Waals surface area contributed by atoms with Gasteiger partial charge in [0.1, 0.15) is 30.2 Å². The van der Waals surface area contributed by atoms with Crippen molar-refractivity contribution >= 4 is 47.4 Å². The van der Waals surface area contributed by atoms with Crippen LogP contribution in [0.2, 0.25) is 0 Å². The van der Waals surface area contributed by atoms with Crippen LogP contribution in [0.1, 0.15) is 69.0 Å². The molecule has 3 rings (SSSR count). The molecule has 1 aromatic carbocycles. The number of carboxylic acid groups (broad SMARTS) is 2. The number of nitrogens with two attached hydrogens (primary N) is 3. The molecule has 1 saturated heterocycles. The highest BCUT2D eigenvalue weighted by molar-refractivity contribution is 5.97. The van der Waals surface area contributed by atoms with Crippen LogP contribution in [0, 0.1) is 0 Å². The number of aromatic nitrogens is 2. The summed E-state index contributed by atoms with van der Waals surface area (Å²) in [6, 6.07) is 0.817. The first-order chi connectivity index (χ1) is 26.7. The molecule has 0 saturated carbocycles. The van der Waals surface area contributed by atoms with Crippen LogP contribution < -0.4 is 38.5 Å². The zero-order valence-electron chi connectivity index (χ0n) is 31.0. The lowest BCUT2D eigenvalue weighted by atomic mass is 10.0. The fourth-order valence-electron chi connectivity index (χ4n) is 6.22. The van der Waals surface area contributed by atoms with Crippen molar-refractivity contribution in [2.24, 2.45) is 17.2 Å². The topological polar surface area (TPSA) is 335 Å². The van der Waals surface area contributed by atoms with Crippen molar-refractivity contribution in [3.05, 3.63) is 54.1 Å². The SMILES string of the molecule is NCCCC[C@H](NC(=O)[C@H](CCC(=O)O)NC(=O)[C@H](Cc1ccccc1)NC(=O)[C@H](CCC(N)=O)NC(=O)[C@@H]1CCCN1C(=O)[C@@H](N)Cc1cnc[nH]1)C(=O)O. The molecule has 1 aliphatic rings. The zero-order chi connectivity index (χ0) is 41.2. The second-order valence-electron chi connectivity index (χ2n) is 13.6. The number of aliphatic carboxylic acids is 2. The molecule has 306 valence electrons. The Morgan fingerprint density at radius 2 is 1.45 bits per heavy atom. The minimum atomic E-state index is -1.51. The Balaban J connectivity index is 1.82. The number of imidazole rings is 1.